The van der Waals surface area contributed by atoms with Crippen molar-refractivity contribution < 1.29 is 14.3 Å². The van der Waals surface area contributed by atoms with Gasteiger partial charge in [0.15, 0.2) is 0 Å². The van der Waals surface area contributed by atoms with Gasteiger partial charge in [0.2, 0.25) is 11.8 Å². The molecular weight excluding hydrogens is 330 g/mol. The van der Waals surface area contributed by atoms with E-state index in [9.17, 15) is 9.59 Å². The van der Waals surface area contributed by atoms with Crippen molar-refractivity contribution in [2.24, 2.45) is 0 Å². The molecule has 6 heteroatoms. The Morgan fingerprint density at radius 1 is 1.04 bits per heavy atom. The minimum absolute atomic E-state index is 0.175. The Hall–Kier alpha value is -2.08. The van der Waals surface area contributed by atoms with E-state index in [1.807, 2.05) is 47.9 Å². The molecule has 0 unspecified atom stereocenters. The van der Waals surface area contributed by atoms with Crippen LogP contribution in [-0.2, 0) is 16.0 Å². The van der Waals surface area contributed by atoms with Crippen LogP contribution in [0.5, 0.6) is 5.75 Å². The maximum absolute atomic E-state index is 12.4. The first-order valence-electron chi connectivity index (χ1n) is 9.48. The summed E-state index contributed by atoms with van der Waals surface area (Å²) in [5, 5.41) is 0. The Morgan fingerprint density at radius 2 is 1.65 bits per heavy atom. The number of likely N-dealkylation sites (N-methyl/N-ethyl adjacent to an activating group) is 1. The molecule has 0 radical (unpaired) electrons. The summed E-state index contributed by atoms with van der Waals surface area (Å²) in [6, 6.07) is 7.85. The first-order chi connectivity index (χ1) is 12.6. The van der Waals surface area contributed by atoms with E-state index in [1.165, 1.54) is 0 Å². The Kier molecular flexibility index (Phi) is 7.91. The fourth-order valence-corrected chi connectivity index (χ4v) is 3.22. The van der Waals surface area contributed by atoms with Gasteiger partial charge in [-0.15, -0.1) is 0 Å². The lowest BCUT2D eigenvalue weighted by atomic mass is 10.1. The van der Waals surface area contributed by atoms with Gasteiger partial charge in [0, 0.05) is 45.7 Å². The Bertz CT molecular complexity index is 576. The van der Waals surface area contributed by atoms with Crippen LogP contribution in [-0.4, -0.2) is 79.4 Å². The molecule has 1 aliphatic rings. The van der Waals surface area contributed by atoms with Crippen molar-refractivity contribution in [3.63, 3.8) is 0 Å². The number of nitrogens with zero attached hydrogens (tertiary/aromatic N) is 3. The van der Waals surface area contributed by atoms with Gasteiger partial charge < -0.3 is 14.5 Å². The van der Waals surface area contributed by atoms with E-state index in [0.717, 1.165) is 43.9 Å². The summed E-state index contributed by atoms with van der Waals surface area (Å²) in [6.45, 7) is 8.89. The van der Waals surface area contributed by atoms with E-state index in [0.29, 0.717) is 26.1 Å². The first-order valence-corrected chi connectivity index (χ1v) is 9.48. The van der Waals surface area contributed by atoms with E-state index in [4.69, 9.17) is 4.74 Å². The topological polar surface area (TPSA) is 53.1 Å². The summed E-state index contributed by atoms with van der Waals surface area (Å²) in [6.07, 6.45) is 1.26. The molecule has 0 bridgehead atoms. The van der Waals surface area contributed by atoms with Crippen LogP contribution in [0.15, 0.2) is 24.3 Å². The molecule has 1 saturated heterocycles. The molecule has 144 valence electrons. The molecule has 1 aromatic carbocycles. The highest BCUT2D eigenvalue weighted by Crippen LogP contribution is 2.13. The van der Waals surface area contributed by atoms with Crippen molar-refractivity contribution in [1.82, 2.24) is 14.7 Å². The van der Waals surface area contributed by atoms with Crippen molar-refractivity contribution in [3.8, 4) is 5.75 Å². The number of benzene rings is 1. The zero-order valence-corrected chi connectivity index (χ0v) is 16.2. The van der Waals surface area contributed by atoms with Crippen LogP contribution >= 0.6 is 0 Å². The number of hydrogen-bond donors (Lipinski definition) is 0. The molecule has 0 aliphatic carbocycles. The molecule has 0 aromatic heterocycles. The standard InChI is InChI=1S/C20H31N3O3/c1-4-22(5-2)20(25)16-21-12-14-23(15-13-21)19(24)11-8-17-6-9-18(26-3)10-7-17/h6-7,9-10H,4-5,8,11-16H2,1-3H3. The monoisotopic (exact) mass is 361 g/mol. The van der Waals surface area contributed by atoms with E-state index in [2.05, 4.69) is 4.90 Å². The van der Waals surface area contributed by atoms with Gasteiger partial charge in [-0.3, -0.25) is 14.5 Å². The predicted molar refractivity (Wildman–Crippen MR) is 102 cm³/mol. The normalized spacial score (nSPS) is 15.0. The summed E-state index contributed by atoms with van der Waals surface area (Å²) < 4.78 is 5.15. The van der Waals surface area contributed by atoms with Crippen molar-refractivity contribution in [1.29, 1.82) is 0 Å². The molecule has 0 N–H and O–H groups in total. The van der Waals surface area contributed by atoms with Crippen LogP contribution in [0, 0.1) is 0 Å². The van der Waals surface area contributed by atoms with Gasteiger partial charge >= 0.3 is 0 Å². The van der Waals surface area contributed by atoms with Crippen LogP contribution < -0.4 is 4.74 Å². The summed E-state index contributed by atoms with van der Waals surface area (Å²) in [7, 11) is 1.65. The minimum Gasteiger partial charge on any atom is -0.497 e. The summed E-state index contributed by atoms with van der Waals surface area (Å²) in [5.74, 6) is 1.19. The lowest BCUT2D eigenvalue weighted by molar-refractivity contribution is -0.135. The van der Waals surface area contributed by atoms with Gasteiger partial charge in [0.25, 0.3) is 0 Å². The number of piperazine rings is 1. The lowest BCUT2D eigenvalue weighted by Crippen LogP contribution is -2.51. The molecule has 2 rings (SSSR count). The Labute approximate surface area is 156 Å². The second-order valence-electron chi connectivity index (χ2n) is 6.57. The maximum atomic E-state index is 12.4. The number of aryl methyl sites for hydroxylation is 1. The third kappa shape index (κ3) is 5.73. The largest absolute Gasteiger partial charge is 0.497 e. The third-order valence-electron chi connectivity index (χ3n) is 4.99. The Morgan fingerprint density at radius 3 is 2.19 bits per heavy atom. The summed E-state index contributed by atoms with van der Waals surface area (Å²) in [5.41, 5.74) is 1.14. The fraction of sp³-hybridized carbons (Fsp3) is 0.600. The van der Waals surface area contributed by atoms with Gasteiger partial charge in [0.05, 0.1) is 13.7 Å². The van der Waals surface area contributed by atoms with Crippen molar-refractivity contribution in [3.05, 3.63) is 29.8 Å². The predicted octanol–water partition coefficient (Wildman–Crippen LogP) is 1.64. The van der Waals surface area contributed by atoms with E-state index >= 15 is 0 Å². The number of rotatable bonds is 8. The second-order valence-corrected chi connectivity index (χ2v) is 6.57. The molecule has 1 aromatic rings. The van der Waals surface area contributed by atoms with Crippen LogP contribution in [0.3, 0.4) is 0 Å². The molecular formula is C20H31N3O3. The lowest BCUT2D eigenvalue weighted by Gasteiger charge is -2.35. The Balaban J connectivity index is 1.72. The van der Waals surface area contributed by atoms with Gasteiger partial charge in [0.1, 0.15) is 5.75 Å². The van der Waals surface area contributed by atoms with Crippen LogP contribution in [0.2, 0.25) is 0 Å². The van der Waals surface area contributed by atoms with Gasteiger partial charge in [-0.25, -0.2) is 0 Å². The van der Waals surface area contributed by atoms with Crippen LogP contribution in [0.25, 0.3) is 0 Å². The number of methoxy groups -OCH3 is 1. The summed E-state index contributed by atoms with van der Waals surface area (Å²) in [4.78, 5) is 30.5. The highest BCUT2D eigenvalue weighted by atomic mass is 16.5. The van der Waals surface area contributed by atoms with Gasteiger partial charge in [-0.2, -0.15) is 0 Å². The minimum atomic E-state index is 0.175. The van der Waals surface area contributed by atoms with Crippen molar-refractivity contribution in [2.45, 2.75) is 26.7 Å². The van der Waals surface area contributed by atoms with Gasteiger partial charge in [-0.1, -0.05) is 12.1 Å². The van der Waals surface area contributed by atoms with Crippen LogP contribution in [0.4, 0.5) is 0 Å². The highest BCUT2D eigenvalue weighted by Gasteiger charge is 2.23. The number of carbonyl (C=O) groups excluding carboxylic acids is 2. The maximum Gasteiger partial charge on any atom is 0.236 e. The zero-order valence-electron chi connectivity index (χ0n) is 16.2. The number of ether oxygens (including phenoxy) is 1. The van der Waals surface area contributed by atoms with Gasteiger partial charge in [-0.05, 0) is 38.0 Å². The number of amides is 2. The second kappa shape index (κ2) is 10.2. The van der Waals surface area contributed by atoms with Crippen molar-refractivity contribution in [2.75, 3.05) is 52.9 Å². The molecule has 0 atom stereocenters. The molecule has 26 heavy (non-hydrogen) atoms. The van der Waals surface area contributed by atoms with E-state index in [-0.39, 0.29) is 11.8 Å². The molecule has 0 saturated carbocycles. The van der Waals surface area contributed by atoms with Crippen molar-refractivity contribution >= 4 is 11.8 Å². The molecule has 1 aliphatic heterocycles. The quantitative estimate of drug-likeness (QED) is 0.706. The molecule has 0 spiro atoms. The molecule has 1 heterocycles. The first kappa shape index (κ1) is 20.2. The smallest absolute Gasteiger partial charge is 0.236 e. The number of carbonyl (C=O) groups is 2. The zero-order chi connectivity index (χ0) is 18.9. The molecule has 1 fully saturated rings. The van der Waals surface area contributed by atoms with E-state index < -0.39 is 0 Å². The number of hydrogen-bond acceptors (Lipinski definition) is 4. The van der Waals surface area contributed by atoms with Crippen LogP contribution in [0.1, 0.15) is 25.8 Å². The third-order valence-corrected chi connectivity index (χ3v) is 4.99. The van der Waals surface area contributed by atoms with E-state index in [1.54, 1.807) is 7.11 Å². The summed E-state index contributed by atoms with van der Waals surface area (Å²) >= 11 is 0. The average molecular weight is 361 g/mol. The molecule has 2 amide bonds. The average Bonchev–Trinajstić information content (AvgIpc) is 2.68. The molecule has 6 nitrogen and oxygen atoms in total. The fourth-order valence-electron chi connectivity index (χ4n) is 3.22. The highest BCUT2D eigenvalue weighted by molar-refractivity contribution is 5.78. The SMILES string of the molecule is CCN(CC)C(=O)CN1CCN(C(=O)CCc2ccc(OC)cc2)CC1.